The Morgan fingerprint density at radius 2 is 1.83 bits per heavy atom. The van der Waals surface area contributed by atoms with Crippen LogP contribution in [0.4, 0.5) is 5.69 Å². The summed E-state index contributed by atoms with van der Waals surface area (Å²) >= 11 is 0. The Balaban J connectivity index is 1.67. The number of fused-ring (bicyclic) bond motifs is 1. The lowest BCUT2D eigenvalue weighted by Crippen LogP contribution is -2.41. The summed E-state index contributed by atoms with van der Waals surface area (Å²) in [5, 5.41) is 3.16. The van der Waals surface area contributed by atoms with Crippen LogP contribution in [0.3, 0.4) is 0 Å². The van der Waals surface area contributed by atoms with Gasteiger partial charge in [-0.15, -0.1) is 0 Å². The van der Waals surface area contributed by atoms with Crippen LogP contribution in [0.25, 0.3) is 0 Å². The summed E-state index contributed by atoms with van der Waals surface area (Å²) in [6, 6.07) is 6.18. The molecule has 2 aliphatic rings. The molecule has 1 saturated heterocycles. The maximum absolute atomic E-state index is 12.9. The average Bonchev–Trinajstić information content (AvgIpc) is 2.73. The third-order valence-electron chi connectivity index (χ3n) is 6.54. The molecule has 0 saturated carbocycles. The van der Waals surface area contributed by atoms with Crippen LogP contribution in [-0.2, 0) is 25.3 Å². The van der Waals surface area contributed by atoms with E-state index in [0.29, 0.717) is 12.5 Å². The number of hydrogen-bond acceptors (Lipinski definition) is 4. The van der Waals surface area contributed by atoms with Crippen LogP contribution in [0, 0.1) is 11.8 Å². The number of carbonyl (C=O) groups is 1. The van der Waals surface area contributed by atoms with E-state index in [-0.39, 0.29) is 28.6 Å². The van der Waals surface area contributed by atoms with E-state index in [1.54, 1.807) is 0 Å². The van der Waals surface area contributed by atoms with E-state index in [1.165, 1.54) is 5.56 Å². The fraction of sp³-hybridized carbons (Fsp3) is 0.708. The molecule has 1 fully saturated rings. The van der Waals surface area contributed by atoms with Gasteiger partial charge in [-0.1, -0.05) is 19.1 Å². The van der Waals surface area contributed by atoms with Gasteiger partial charge in [0.05, 0.1) is 16.8 Å². The zero-order valence-electron chi connectivity index (χ0n) is 19.9. The van der Waals surface area contributed by atoms with Crippen molar-refractivity contribution in [1.29, 1.82) is 0 Å². The first-order chi connectivity index (χ1) is 13.8. The van der Waals surface area contributed by atoms with Crippen molar-refractivity contribution in [3.63, 3.8) is 0 Å². The first-order valence-corrected chi connectivity index (χ1v) is 11.2. The van der Waals surface area contributed by atoms with Crippen molar-refractivity contribution in [3.8, 4) is 0 Å². The number of benzene rings is 1. The molecule has 30 heavy (non-hydrogen) atoms. The molecule has 1 N–H and O–H groups in total. The Kier molecular flexibility index (Phi) is 6.44. The van der Waals surface area contributed by atoms with Gasteiger partial charge in [0, 0.05) is 18.2 Å². The van der Waals surface area contributed by atoms with Gasteiger partial charge in [0.15, 0.2) is 0 Å². The number of amides is 1. The molecule has 0 spiro atoms. The first-order valence-electron chi connectivity index (χ1n) is 11.2. The van der Waals surface area contributed by atoms with Gasteiger partial charge >= 0.3 is 7.12 Å². The quantitative estimate of drug-likeness (QED) is 0.728. The number of rotatable bonds is 5. The zero-order valence-corrected chi connectivity index (χ0v) is 19.9. The Hall–Kier alpha value is -1.37. The fourth-order valence-corrected chi connectivity index (χ4v) is 3.92. The van der Waals surface area contributed by atoms with E-state index in [9.17, 15) is 4.79 Å². The maximum atomic E-state index is 12.9. The highest BCUT2D eigenvalue weighted by Crippen LogP contribution is 2.37. The summed E-state index contributed by atoms with van der Waals surface area (Å²) in [5.41, 5.74) is 2.07. The molecule has 3 rings (SSSR count). The van der Waals surface area contributed by atoms with Crippen molar-refractivity contribution in [2.24, 2.45) is 11.8 Å². The van der Waals surface area contributed by atoms with Gasteiger partial charge in [-0.2, -0.15) is 0 Å². The summed E-state index contributed by atoms with van der Waals surface area (Å²) in [4.78, 5) is 12.9. The molecule has 166 valence electrons. The van der Waals surface area contributed by atoms with Crippen LogP contribution in [0.1, 0.15) is 73.8 Å². The highest BCUT2D eigenvalue weighted by Gasteiger charge is 2.51. The molecule has 0 bridgehead atoms. The predicted octanol–water partition coefficient (Wildman–Crippen LogP) is 4.33. The number of aryl methyl sites for hydroxylation is 1. The lowest BCUT2D eigenvalue weighted by atomic mass is 9.78. The van der Waals surface area contributed by atoms with Crippen LogP contribution in [0.5, 0.6) is 0 Å². The third-order valence-corrected chi connectivity index (χ3v) is 6.54. The fourth-order valence-electron chi connectivity index (χ4n) is 3.92. The third kappa shape index (κ3) is 5.27. The minimum Gasteiger partial charge on any atom is -0.399 e. The van der Waals surface area contributed by atoms with Gasteiger partial charge in [-0.25, -0.2) is 0 Å². The van der Waals surface area contributed by atoms with Crippen LogP contribution >= 0.6 is 0 Å². The van der Waals surface area contributed by atoms with Crippen molar-refractivity contribution in [1.82, 2.24) is 0 Å². The average molecular weight is 415 g/mol. The van der Waals surface area contributed by atoms with Crippen LogP contribution in [0.15, 0.2) is 18.2 Å². The lowest BCUT2D eigenvalue weighted by molar-refractivity contribution is -0.120. The number of ether oxygens (including phenoxy) is 1. The molecule has 0 radical (unpaired) electrons. The monoisotopic (exact) mass is 415 g/mol. The van der Waals surface area contributed by atoms with Gasteiger partial charge in [-0.3, -0.25) is 4.79 Å². The Morgan fingerprint density at radius 1 is 1.20 bits per heavy atom. The molecule has 1 unspecified atom stereocenters. The molecule has 2 aliphatic heterocycles. The summed E-state index contributed by atoms with van der Waals surface area (Å²) in [6.07, 6.45) is 2.57. The molecule has 1 aromatic carbocycles. The minimum absolute atomic E-state index is 0.00346. The summed E-state index contributed by atoms with van der Waals surface area (Å²) in [7, 11) is -0.425. The Morgan fingerprint density at radius 3 is 2.43 bits per heavy atom. The molecule has 6 heteroatoms. The second-order valence-corrected chi connectivity index (χ2v) is 11.0. The van der Waals surface area contributed by atoms with Gasteiger partial charge in [0.2, 0.25) is 5.91 Å². The van der Waals surface area contributed by atoms with Crippen molar-refractivity contribution < 1.29 is 18.8 Å². The topological polar surface area (TPSA) is 56.8 Å². The van der Waals surface area contributed by atoms with Crippen LogP contribution < -0.4 is 10.8 Å². The maximum Gasteiger partial charge on any atom is 0.494 e. The normalized spacial score (nSPS) is 24.2. The number of carbonyl (C=O) groups excluding carboxylic acids is 1. The van der Waals surface area contributed by atoms with E-state index < -0.39 is 7.12 Å². The molecular weight excluding hydrogens is 377 g/mol. The molecule has 0 aliphatic carbocycles. The first kappa shape index (κ1) is 23.3. The molecule has 1 amide bonds. The smallest absolute Gasteiger partial charge is 0.399 e. The van der Waals surface area contributed by atoms with Crippen LogP contribution in [0.2, 0.25) is 0 Å². The second kappa shape index (κ2) is 8.29. The molecule has 0 aromatic heterocycles. The Labute approximate surface area is 182 Å². The van der Waals surface area contributed by atoms with Crippen molar-refractivity contribution >= 4 is 24.2 Å². The molecule has 2 heterocycles. The minimum atomic E-state index is -0.425. The standard InChI is InChI=1S/C24H38BNO4/c1-16(15-28-22(2,3)4)13-18-10-9-17-11-12-19(14-20(17)26-21(18)27)25-29-23(5,6)24(7,8)30-25/h11-12,14,16,18H,9-10,13,15H2,1-8H3,(H,26,27)/t16?,18-/m1/s1. The SMILES string of the molecule is CC(COC(C)(C)C)C[C@H]1CCc2ccc(B3OC(C)(C)C(C)(C)O3)cc2NC1=O. The molecule has 5 nitrogen and oxygen atoms in total. The van der Waals surface area contributed by atoms with Gasteiger partial charge in [-0.05, 0) is 90.7 Å². The zero-order chi connectivity index (χ0) is 22.3. The van der Waals surface area contributed by atoms with Gasteiger partial charge < -0.3 is 19.4 Å². The summed E-state index contributed by atoms with van der Waals surface area (Å²) in [6.45, 7) is 17.2. The predicted molar refractivity (Wildman–Crippen MR) is 122 cm³/mol. The van der Waals surface area contributed by atoms with Crippen molar-refractivity contribution in [2.45, 2.75) is 91.5 Å². The van der Waals surface area contributed by atoms with Crippen LogP contribution in [-0.4, -0.2) is 36.4 Å². The molecule has 1 aromatic rings. The van der Waals surface area contributed by atoms with Gasteiger partial charge in [0.1, 0.15) is 0 Å². The Bertz CT molecular complexity index is 768. The van der Waals surface area contributed by atoms with E-state index in [4.69, 9.17) is 14.0 Å². The van der Waals surface area contributed by atoms with Gasteiger partial charge in [0.25, 0.3) is 0 Å². The summed E-state index contributed by atoms with van der Waals surface area (Å²) in [5.74, 6) is 0.431. The molecule has 2 atom stereocenters. The number of anilines is 1. The van der Waals surface area contributed by atoms with Crippen molar-refractivity contribution in [3.05, 3.63) is 23.8 Å². The molecular formula is C24H38BNO4. The van der Waals surface area contributed by atoms with E-state index >= 15 is 0 Å². The number of nitrogens with one attached hydrogen (secondary N) is 1. The van der Waals surface area contributed by atoms with Crippen molar-refractivity contribution in [2.75, 3.05) is 11.9 Å². The van der Waals surface area contributed by atoms with E-state index in [1.807, 2.05) is 33.8 Å². The largest absolute Gasteiger partial charge is 0.494 e. The highest BCUT2D eigenvalue weighted by atomic mass is 16.7. The number of hydrogen-bond donors (Lipinski definition) is 1. The lowest BCUT2D eigenvalue weighted by Gasteiger charge is -2.32. The highest BCUT2D eigenvalue weighted by molar-refractivity contribution is 6.62. The second-order valence-electron chi connectivity index (χ2n) is 11.0. The van der Waals surface area contributed by atoms with E-state index in [0.717, 1.165) is 30.4 Å². The van der Waals surface area contributed by atoms with E-state index in [2.05, 4.69) is 45.1 Å². The summed E-state index contributed by atoms with van der Waals surface area (Å²) < 4.78 is 18.3.